The highest BCUT2D eigenvalue weighted by Crippen LogP contribution is 2.31. The predicted octanol–water partition coefficient (Wildman–Crippen LogP) is 4.26. The van der Waals surface area contributed by atoms with E-state index < -0.39 is 5.82 Å². The number of aromatic nitrogens is 1. The number of carbonyl (C=O) groups excluding carboxylic acids is 1. The smallest absolute Gasteiger partial charge is 0.248 e. The molecular weight excluding hydrogens is 425 g/mol. The third kappa shape index (κ3) is 5.35. The largest absolute Gasteiger partial charge is 0.391 e. The molecule has 1 aromatic carbocycles. The highest BCUT2D eigenvalue weighted by Gasteiger charge is 2.24. The molecule has 2 aromatic rings. The van der Waals surface area contributed by atoms with Crippen LogP contribution in [0.5, 0.6) is 0 Å². The second-order valence-electron chi connectivity index (χ2n) is 7.53. The van der Waals surface area contributed by atoms with Crippen molar-refractivity contribution in [2.75, 3.05) is 20.6 Å². The molecule has 2 N–H and O–H groups in total. The van der Waals surface area contributed by atoms with E-state index in [1.807, 2.05) is 27.1 Å². The molecular formula is C22H25ClFN3O2S. The van der Waals surface area contributed by atoms with E-state index in [2.05, 4.69) is 15.2 Å². The van der Waals surface area contributed by atoms with Crippen molar-refractivity contribution < 1.29 is 14.3 Å². The van der Waals surface area contributed by atoms with Gasteiger partial charge in [-0.3, -0.25) is 4.79 Å². The number of thiazole rings is 1. The Bertz CT molecular complexity index is 1000. The lowest BCUT2D eigenvalue weighted by atomic mass is 10.0. The minimum absolute atomic E-state index is 0.0616. The number of aryl methyl sites for hydroxylation is 1. The normalized spacial score (nSPS) is 14.6. The molecule has 0 saturated carbocycles. The average Bonchev–Trinajstić information content (AvgIpc) is 3.34. The van der Waals surface area contributed by atoms with Crippen LogP contribution in [-0.2, 0) is 11.4 Å². The van der Waals surface area contributed by atoms with Gasteiger partial charge in [0.25, 0.3) is 0 Å². The van der Waals surface area contributed by atoms with Crippen LogP contribution < -0.4 is 5.32 Å². The SMILES string of the molecule is Cc1nc(C(CCN(C)C)NC(=O)C2=CC=C(c3ccc(Cl)c(F)c3)C2)sc1CO. The number of amides is 1. The topological polar surface area (TPSA) is 65.5 Å². The number of nitrogens with zero attached hydrogens (tertiary/aromatic N) is 2. The Kier molecular flexibility index (Phi) is 7.41. The van der Waals surface area contributed by atoms with Gasteiger partial charge in [0.15, 0.2) is 0 Å². The fraction of sp³-hybridized carbons (Fsp3) is 0.364. The second kappa shape index (κ2) is 9.83. The first-order valence-corrected chi connectivity index (χ1v) is 10.9. The molecule has 0 bridgehead atoms. The second-order valence-corrected chi connectivity index (χ2v) is 9.05. The predicted molar refractivity (Wildman–Crippen MR) is 119 cm³/mol. The van der Waals surface area contributed by atoms with Crippen LogP contribution in [0, 0.1) is 12.7 Å². The summed E-state index contributed by atoms with van der Waals surface area (Å²) in [4.78, 5) is 20.4. The number of benzene rings is 1. The lowest BCUT2D eigenvalue weighted by molar-refractivity contribution is -0.118. The first-order valence-electron chi connectivity index (χ1n) is 9.66. The van der Waals surface area contributed by atoms with E-state index in [1.54, 1.807) is 12.1 Å². The van der Waals surface area contributed by atoms with Crippen molar-refractivity contribution in [3.63, 3.8) is 0 Å². The molecule has 1 aromatic heterocycles. The van der Waals surface area contributed by atoms with Gasteiger partial charge in [-0.1, -0.05) is 29.8 Å². The summed E-state index contributed by atoms with van der Waals surface area (Å²) in [5.41, 5.74) is 2.98. The van der Waals surface area contributed by atoms with Gasteiger partial charge in [0.05, 0.1) is 28.2 Å². The fourth-order valence-corrected chi connectivity index (χ4v) is 4.35. The third-order valence-electron chi connectivity index (χ3n) is 4.97. The molecule has 0 spiro atoms. The zero-order chi connectivity index (χ0) is 21.8. The maximum absolute atomic E-state index is 13.8. The first-order chi connectivity index (χ1) is 14.3. The maximum atomic E-state index is 13.8. The molecule has 0 saturated heterocycles. The summed E-state index contributed by atoms with van der Waals surface area (Å²) in [5, 5.41) is 13.4. The number of nitrogens with one attached hydrogen (secondary N) is 1. The van der Waals surface area contributed by atoms with Crippen molar-refractivity contribution in [3.8, 4) is 0 Å². The Morgan fingerprint density at radius 2 is 2.17 bits per heavy atom. The summed E-state index contributed by atoms with van der Waals surface area (Å²) in [6.45, 7) is 2.58. The van der Waals surface area contributed by atoms with E-state index >= 15 is 0 Å². The number of halogens is 2. The number of carbonyl (C=O) groups is 1. The molecule has 1 atom stereocenters. The Morgan fingerprint density at radius 3 is 2.80 bits per heavy atom. The Balaban J connectivity index is 1.70. The highest BCUT2D eigenvalue weighted by molar-refractivity contribution is 7.11. The standard InChI is InChI=1S/C22H25ClFN3O2S/c1-13-20(12-28)30-22(25-13)19(8-9-27(2)3)26-21(29)16-5-4-14(10-16)15-6-7-17(23)18(24)11-15/h4-7,11,19,28H,8-10,12H2,1-3H3,(H,26,29). The molecule has 3 rings (SSSR count). The average molecular weight is 450 g/mol. The molecule has 0 fully saturated rings. The minimum Gasteiger partial charge on any atom is -0.391 e. The minimum atomic E-state index is -0.476. The van der Waals surface area contributed by atoms with E-state index in [-0.39, 0.29) is 23.6 Å². The molecule has 0 radical (unpaired) electrons. The molecule has 5 nitrogen and oxygen atoms in total. The van der Waals surface area contributed by atoms with Gasteiger partial charge in [0.2, 0.25) is 5.91 Å². The van der Waals surface area contributed by atoms with Crippen molar-refractivity contribution >= 4 is 34.4 Å². The van der Waals surface area contributed by atoms with Crippen LogP contribution in [-0.4, -0.2) is 41.5 Å². The van der Waals surface area contributed by atoms with Crippen molar-refractivity contribution in [2.45, 2.75) is 32.4 Å². The summed E-state index contributed by atoms with van der Waals surface area (Å²) in [7, 11) is 3.96. The molecule has 8 heteroatoms. The summed E-state index contributed by atoms with van der Waals surface area (Å²) >= 11 is 7.18. The van der Waals surface area contributed by atoms with Gasteiger partial charge in [-0.15, -0.1) is 11.3 Å². The lowest BCUT2D eigenvalue weighted by Gasteiger charge is -2.19. The van der Waals surface area contributed by atoms with Crippen LogP contribution in [0.4, 0.5) is 4.39 Å². The van der Waals surface area contributed by atoms with Gasteiger partial charge in [-0.2, -0.15) is 0 Å². The van der Waals surface area contributed by atoms with Crippen LogP contribution in [0.3, 0.4) is 0 Å². The summed E-state index contributed by atoms with van der Waals surface area (Å²) in [6.07, 6.45) is 4.73. The zero-order valence-corrected chi connectivity index (χ0v) is 18.8. The van der Waals surface area contributed by atoms with E-state index in [1.165, 1.54) is 23.5 Å². The zero-order valence-electron chi connectivity index (χ0n) is 17.2. The highest BCUT2D eigenvalue weighted by atomic mass is 35.5. The van der Waals surface area contributed by atoms with E-state index in [0.717, 1.165) is 27.7 Å². The first kappa shape index (κ1) is 22.6. The molecule has 0 aliphatic heterocycles. The monoisotopic (exact) mass is 449 g/mol. The molecule has 160 valence electrons. The van der Waals surface area contributed by atoms with Crippen LogP contribution in [0.2, 0.25) is 5.02 Å². The summed E-state index contributed by atoms with van der Waals surface area (Å²) in [6, 6.07) is 4.41. The van der Waals surface area contributed by atoms with Gasteiger partial charge in [-0.05, 0) is 57.3 Å². The van der Waals surface area contributed by atoms with Crippen LogP contribution in [0.15, 0.2) is 35.9 Å². The number of aliphatic hydroxyl groups excluding tert-OH is 1. The number of rotatable bonds is 8. The Morgan fingerprint density at radius 1 is 1.40 bits per heavy atom. The van der Waals surface area contributed by atoms with E-state index in [0.29, 0.717) is 24.0 Å². The molecule has 1 amide bonds. The quantitative estimate of drug-likeness (QED) is 0.632. The molecule has 1 aliphatic carbocycles. The molecule has 30 heavy (non-hydrogen) atoms. The van der Waals surface area contributed by atoms with Crippen LogP contribution in [0.1, 0.15) is 40.0 Å². The third-order valence-corrected chi connectivity index (χ3v) is 6.53. The Hall–Kier alpha value is -2.06. The van der Waals surface area contributed by atoms with Gasteiger partial charge < -0.3 is 15.3 Å². The van der Waals surface area contributed by atoms with Gasteiger partial charge in [0, 0.05) is 12.0 Å². The van der Waals surface area contributed by atoms with Crippen LogP contribution in [0.25, 0.3) is 5.57 Å². The number of aliphatic hydroxyl groups is 1. The van der Waals surface area contributed by atoms with E-state index in [9.17, 15) is 14.3 Å². The molecule has 1 aliphatic rings. The maximum Gasteiger partial charge on any atom is 0.248 e. The van der Waals surface area contributed by atoms with Crippen molar-refractivity contribution in [3.05, 3.63) is 67.9 Å². The van der Waals surface area contributed by atoms with E-state index in [4.69, 9.17) is 11.6 Å². The van der Waals surface area contributed by atoms with Crippen molar-refractivity contribution in [2.24, 2.45) is 0 Å². The summed E-state index contributed by atoms with van der Waals surface area (Å²) in [5.74, 6) is -0.645. The lowest BCUT2D eigenvalue weighted by Crippen LogP contribution is -2.31. The Labute approximate surface area is 184 Å². The summed E-state index contributed by atoms with van der Waals surface area (Å²) < 4.78 is 13.8. The van der Waals surface area contributed by atoms with Gasteiger partial charge in [-0.25, -0.2) is 9.37 Å². The molecule has 1 unspecified atom stereocenters. The van der Waals surface area contributed by atoms with Gasteiger partial charge in [0.1, 0.15) is 10.8 Å². The fourth-order valence-electron chi connectivity index (χ4n) is 3.22. The number of allylic oxidation sites excluding steroid dienone is 3. The molecule has 1 heterocycles. The van der Waals surface area contributed by atoms with Crippen molar-refractivity contribution in [1.29, 1.82) is 0 Å². The number of hydrogen-bond donors (Lipinski definition) is 2. The number of hydrogen-bond acceptors (Lipinski definition) is 5. The van der Waals surface area contributed by atoms with Crippen molar-refractivity contribution in [1.82, 2.24) is 15.2 Å². The van der Waals surface area contributed by atoms with Crippen LogP contribution >= 0.6 is 22.9 Å². The van der Waals surface area contributed by atoms with Gasteiger partial charge >= 0.3 is 0 Å².